The van der Waals surface area contributed by atoms with E-state index in [0.29, 0.717) is 6.08 Å². The van der Waals surface area contributed by atoms with Gasteiger partial charge in [-0.05, 0) is 6.08 Å². The zero-order valence-electron chi connectivity index (χ0n) is 12.2. The first-order valence-corrected chi connectivity index (χ1v) is 7.81. The van der Waals surface area contributed by atoms with Gasteiger partial charge < -0.3 is 11.5 Å². The van der Waals surface area contributed by atoms with Crippen LogP contribution in [0.4, 0.5) is 30.7 Å². The molecule has 14 heteroatoms. The van der Waals surface area contributed by atoms with Crippen LogP contribution in [0.2, 0.25) is 0 Å². The van der Waals surface area contributed by atoms with Gasteiger partial charge in [0.15, 0.2) is 10.8 Å². The van der Waals surface area contributed by atoms with Crippen molar-refractivity contribution in [2.75, 3.05) is 0 Å². The van der Waals surface area contributed by atoms with Crippen molar-refractivity contribution < 1.29 is 34.9 Å². The Balaban J connectivity index is 3.36. The van der Waals surface area contributed by atoms with Gasteiger partial charge in [0.05, 0.1) is 11.0 Å². The summed E-state index contributed by atoms with van der Waals surface area (Å²) in [5, 5.41) is 6.85. The Morgan fingerprint density at radius 3 is 2.19 bits per heavy atom. The number of nitrogens with two attached hydrogens (primary N) is 2. The van der Waals surface area contributed by atoms with Crippen LogP contribution in [-0.2, 0) is 10.8 Å². The van der Waals surface area contributed by atoms with Crippen molar-refractivity contribution in [1.29, 1.82) is 5.26 Å². The molecule has 0 fully saturated rings. The summed E-state index contributed by atoms with van der Waals surface area (Å²) in [6.45, 7) is 0. The minimum Gasteiger partial charge on any atom is -0.389 e. The Kier molecular flexibility index (Phi) is 6.48. The van der Waals surface area contributed by atoms with Crippen molar-refractivity contribution in [2.45, 2.75) is 23.1 Å². The number of nitrogens with zero attached hydrogens (tertiary/aromatic N) is 2. The minimum absolute atomic E-state index is 0.0398. The highest BCUT2D eigenvalue weighted by Crippen LogP contribution is 2.35. The van der Waals surface area contributed by atoms with Crippen LogP contribution in [-0.4, -0.2) is 33.1 Å². The van der Waals surface area contributed by atoms with Crippen molar-refractivity contribution in [1.82, 2.24) is 0 Å². The molecule has 0 aliphatic heterocycles. The van der Waals surface area contributed by atoms with Gasteiger partial charge in [-0.1, -0.05) is 6.08 Å². The van der Waals surface area contributed by atoms with Crippen LogP contribution in [0.15, 0.2) is 39.1 Å². The van der Waals surface area contributed by atoms with Gasteiger partial charge >= 0.3 is 11.7 Å². The molecule has 2 unspecified atom stereocenters. The van der Waals surface area contributed by atoms with Gasteiger partial charge in [-0.25, -0.2) is 8.60 Å². The Hall–Kier alpha value is -2.07. The molecule has 4 N–H and O–H groups in total. The summed E-state index contributed by atoms with van der Waals surface area (Å²) in [7, 11) is -3.89. The summed E-state index contributed by atoms with van der Waals surface area (Å²) >= 11 is 5.58. The fourth-order valence-electron chi connectivity index (χ4n) is 1.71. The van der Waals surface area contributed by atoms with Crippen molar-refractivity contribution >= 4 is 28.2 Å². The van der Waals surface area contributed by atoms with Gasteiger partial charge in [0.2, 0.25) is 0 Å². The summed E-state index contributed by atoms with van der Waals surface area (Å²) in [6, 6.07) is -0.849. The second-order valence-electron chi connectivity index (χ2n) is 4.62. The van der Waals surface area contributed by atoms with Crippen LogP contribution in [0.5, 0.6) is 0 Å². The molecule has 3 atom stereocenters. The summed E-state index contributed by atoms with van der Waals surface area (Å²) in [5.41, 5.74) is 2.27. The first kappa shape index (κ1) is 22.0. The molecule has 0 aromatic heterocycles. The van der Waals surface area contributed by atoms with E-state index in [1.165, 1.54) is 0 Å². The van der Waals surface area contributed by atoms with Crippen molar-refractivity contribution in [3.05, 3.63) is 34.2 Å². The number of amidine groups is 1. The first-order valence-electron chi connectivity index (χ1n) is 6.22. The number of hydrogen-bond acceptors (Lipinski definition) is 4. The topological polar surface area (TPSA) is 105 Å². The number of allylic oxidation sites excluding steroid dienone is 3. The molecule has 1 aliphatic carbocycles. The lowest BCUT2D eigenvalue weighted by molar-refractivity contribution is -0.0888. The van der Waals surface area contributed by atoms with E-state index in [2.05, 4.69) is 4.99 Å². The zero-order chi connectivity index (χ0) is 20.4. The van der Waals surface area contributed by atoms with E-state index >= 15 is 0 Å². The molecule has 0 amide bonds. The Labute approximate surface area is 148 Å². The molecule has 26 heavy (non-hydrogen) atoms. The number of halogens is 8. The Morgan fingerprint density at radius 2 is 1.81 bits per heavy atom. The highest BCUT2D eigenvalue weighted by atomic mass is 35.5. The van der Waals surface area contributed by atoms with Crippen molar-refractivity contribution in [3.8, 4) is 6.07 Å². The van der Waals surface area contributed by atoms with Gasteiger partial charge in [0.25, 0.3) is 0 Å². The van der Waals surface area contributed by atoms with Gasteiger partial charge in [-0.2, -0.15) is 31.6 Å². The maximum atomic E-state index is 13.9. The average Bonchev–Trinajstić information content (AvgIpc) is 2.48. The van der Waals surface area contributed by atoms with E-state index in [1.54, 1.807) is 0 Å². The number of alkyl halides is 7. The SMILES string of the molecule is N#CC(N)=C(C(N)=NC1C(F)=CC(C(F)(F)F)=C[C@H]1Cl)S(=O)C(F)(F)F. The monoisotopic (exact) mass is 424 g/mol. The molecule has 0 heterocycles. The molecule has 0 aromatic carbocycles. The summed E-state index contributed by atoms with van der Waals surface area (Å²) in [5.74, 6) is -2.79. The van der Waals surface area contributed by atoms with E-state index in [9.17, 15) is 34.9 Å². The van der Waals surface area contributed by atoms with Crippen LogP contribution in [0.3, 0.4) is 0 Å². The summed E-state index contributed by atoms with van der Waals surface area (Å²) < 4.78 is 101. The van der Waals surface area contributed by atoms with E-state index in [-0.39, 0.29) is 6.08 Å². The van der Waals surface area contributed by atoms with Crippen LogP contribution in [0, 0.1) is 11.3 Å². The molecule has 0 radical (unpaired) electrons. The Bertz CT molecular complexity index is 776. The molecular formula is C12H8ClF7N4OS. The normalized spacial score (nSPS) is 24.2. The number of aliphatic imine (C=N–C) groups is 1. The van der Waals surface area contributed by atoms with Crippen LogP contribution in [0.1, 0.15) is 0 Å². The van der Waals surface area contributed by atoms with Crippen LogP contribution < -0.4 is 11.5 Å². The smallest absolute Gasteiger partial charge is 0.389 e. The fraction of sp³-hybridized carbons (Fsp3) is 0.333. The molecular weight excluding hydrogens is 417 g/mol. The highest BCUT2D eigenvalue weighted by molar-refractivity contribution is 7.90. The van der Waals surface area contributed by atoms with E-state index < -0.39 is 61.7 Å². The summed E-state index contributed by atoms with van der Waals surface area (Å²) in [4.78, 5) is 1.80. The average molecular weight is 425 g/mol. The molecule has 5 nitrogen and oxygen atoms in total. The van der Waals surface area contributed by atoms with Gasteiger partial charge in [0.1, 0.15) is 34.4 Å². The lowest BCUT2D eigenvalue weighted by Gasteiger charge is -2.22. The molecule has 1 aliphatic rings. The maximum Gasteiger partial charge on any atom is 0.476 e. The van der Waals surface area contributed by atoms with E-state index in [0.717, 1.165) is 6.07 Å². The maximum absolute atomic E-state index is 13.9. The molecule has 144 valence electrons. The minimum atomic E-state index is -5.37. The third kappa shape index (κ3) is 4.98. The molecule has 0 bridgehead atoms. The second kappa shape index (κ2) is 7.67. The van der Waals surface area contributed by atoms with Gasteiger partial charge in [-0.3, -0.25) is 4.99 Å². The number of hydrogen-bond donors (Lipinski definition) is 2. The number of rotatable bonds is 3. The lowest BCUT2D eigenvalue weighted by Crippen LogP contribution is -2.33. The largest absolute Gasteiger partial charge is 0.476 e. The highest BCUT2D eigenvalue weighted by Gasteiger charge is 2.43. The number of nitriles is 1. The zero-order valence-corrected chi connectivity index (χ0v) is 13.8. The Morgan fingerprint density at radius 1 is 1.27 bits per heavy atom. The quantitative estimate of drug-likeness (QED) is 0.239. The molecule has 1 rings (SSSR count). The second-order valence-corrected chi connectivity index (χ2v) is 6.53. The molecule has 0 saturated carbocycles. The van der Waals surface area contributed by atoms with E-state index in [4.69, 9.17) is 28.3 Å². The predicted molar refractivity (Wildman–Crippen MR) is 79.4 cm³/mol. The van der Waals surface area contributed by atoms with Crippen LogP contribution >= 0.6 is 11.6 Å². The fourth-order valence-corrected chi connectivity index (χ4v) is 2.75. The lowest BCUT2D eigenvalue weighted by atomic mass is 10.0. The van der Waals surface area contributed by atoms with Crippen molar-refractivity contribution in [3.63, 3.8) is 0 Å². The van der Waals surface area contributed by atoms with Crippen molar-refractivity contribution in [2.24, 2.45) is 16.5 Å². The molecule has 0 spiro atoms. The standard InChI is InChI=1S/C12H8ClF7N4OS/c13-5-1-4(11(15,16)17)2-6(14)8(5)24-10(23)9(7(22)3-21)26(25)12(18,19)20/h1-2,5,8H,22H2,(H2,23,24)/t5-,8?,26?/m1/s1. The third-order valence-electron chi connectivity index (χ3n) is 2.82. The van der Waals surface area contributed by atoms with E-state index in [1.807, 2.05) is 0 Å². The molecule has 0 aromatic rings. The van der Waals surface area contributed by atoms with Gasteiger partial charge in [-0.15, -0.1) is 11.6 Å². The van der Waals surface area contributed by atoms with Crippen LogP contribution in [0.25, 0.3) is 0 Å². The summed E-state index contributed by atoms with van der Waals surface area (Å²) in [6.07, 6.45) is -4.50. The first-order chi connectivity index (χ1) is 11.7. The predicted octanol–water partition coefficient (Wildman–Crippen LogP) is 2.64. The third-order valence-corrected chi connectivity index (χ3v) is 4.40. The molecule has 0 saturated heterocycles. The van der Waals surface area contributed by atoms with Gasteiger partial charge in [0, 0.05) is 0 Å².